The van der Waals surface area contributed by atoms with Gasteiger partial charge in [0.2, 0.25) is 5.95 Å². The predicted octanol–water partition coefficient (Wildman–Crippen LogP) is 4.98. The molecular formula is C27H26N4O3. The van der Waals surface area contributed by atoms with Gasteiger partial charge in [0, 0.05) is 11.1 Å². The fourth-order valence-corrected chi connectivity index (χ4v) is 4.59. The van der Waals surface area contributed by atoms with E-state index in [-0.39, 0.29) is 18.0 Å². The number of anilines is 1. The molecular weight excluding hydrogens is 428 g/mol. The lowest BCUT2D eigenvalue weighted by Gasteiger charge is -2.39. The predicted molar refractivity (Wildman–Crippen MR) is 129 cm³/mol. The number of methoxy groups -OCH3 is 2. The lowest BCUT2D eigenvalue weighted by molar-refractivity contribution is 0.0962. The molecule has 2 heterocycles. The number of carbonyl (C=O) groups is 1. The Morgan fingerprint density at radius 1 is 0.941 bits per heavy atom. The summed E-state index contributed by atoms with van der Waals surface area (Å²) in [7, 11) is 3.26. The van der Waals surface area contributed by atoms with Gasteiger partial charge in [0.1, 0.15) is 17.8 Å². The van der Waals surface area contributed by atoms with E-state index in [0.29, 0.717) is 23.7 Å². The minimum Gasteiger partial charge on any atom is -0.497 e. The average Bonchev–Trinajstić information content (AvgIpc) is 3.38. The second-order valence-electron chi connectivity index (χ2n) is 8.33. The number of aryl methyl sites for hydroxylation is 1. The maximum Gasteiger partial charge on any atom is 0.261 e. The Bertz CT molecular complexity index is 1320. The van der Waals surface area contributed by atoms with Crippen molar-refractivity contribution in [2.75, 3.05) is 19.1 Å². The summed E-state index contributed by atoms with van der Waals surface area (Å²) in [5.74, 6) is 1.75. The van der Waals surface area contributed by atoms with Crippen LogP contribution < -0.4 is 14.4 Å². The van der Waals surface area contributed by atoms with E-state index < -0.39 is 0 Å². The highest BCUT2D eigenvalue weighted by atomic mass is 16.5. The Hall–Kier alpha value is -4.13. The quantitative estimate of drug-likeness (QED) is 0.425. The third-order valence-electron chi connectivity index (χ3n) is 6.32. The van der Waals surface area contributed by atoms with E-state index in [0.717, 1.165) is 22.4 Å². The lowest BCUT2D eigenvalue weighted by Crippen LogP contribution is -2.42. The Kier molecular flexibility index (Phi) is 5.76. The third-order valence-corrected chi connectivity index (χ3v) is 6.32. The number of hydrogen-bond acceptors (Lipinski definition) is 5. The first kappa shape index (κ1) is 21.7. The fraction of sp³-hybridized carbons (Fsp3) is 0.222. The van der Waals surface area contributed by atoms with Gasteiger partial charge in [-0.2, -0.15) is 10.1 Å². The van der Waals surface area contributed by atoms with E-state index in [9.17, 15) is 4.79 Å². The molecule has 34 heavy (non-hydrogen) atoms. The number of amides is 1. The molecule has 0 saturated carbocycles. The number of benzene rings is 3. The second-order valence-corrected chi connectivity index (χ2v) is 8.33. The van der Waals surface area contributed by atoms with E-state index in [1.807, 2.05) is 41.1 Å². The second kappa shape index (κ2) is 9.02. The number of rotatable bonds is 5. The Morgan fingerprint density at radius 3 is 2.50 bits per heavy atom. The van der Waals surface area contributed by atoms with Crippen molar-refractivity contribution in [1.82, 2.24) is 14.8 Å². The van der Waals surface area contributed by atoms with Gasteiger partial charge >= 0.3 is 0 Å². The number of carbonyl (C=O) groups excluding carboxylic acids is 1. The zero-order valence-corrected chi connectivity index (χ0v) is 19.4. The van der Waals surface area contributed by atoms with Crippen LogP contribution in [0.5, 0.6) is 11.5 Å². The molecule has 1 amide bonds. The lowest BCUT2D eigenvalue weighted by atomic mass is 9.90. The van der Waals surface area contributed by atoms with Gasteiger partial charge in [-0.25, -0.2) is 4.68 Å². The first-order valence-electron chi connectivity index (χ1n) is 11.2. The maximum absolute atomic E-state index is 13.9. The summed E-state index contributed by atoms with van der Waals surface area (Å²) in [5.41, 5.74) is 3.73. The fourth-order valence-electron chi connectivity index (χ4n) is 4.59. The van der Waals surface area contributed by atoms with E-state index >= 15 is 0 Å². The Balaban J connectivity index is 1.66. The number of fused-ring (bicyclic) bond motifs is 1. The minimum absolute atomic E-state index is 0.144. The molecule has 0 radical (unpaired) electrons. The number of nitrogens with zero attached hydrogens (tertiary/aromatic N) is 4. The highest BCUT2D eigenvalue weighted by molar-refractivity contribution is 6.06. The molecule has 0 aliphatic carbocycles. The Morgan fingerprint density at radius 2 is 1.74 bits per heavy atom. The number of ether oxygens (including phenoxy) is 2. The van der Waals surface area contributed by atoms with Crippen molar-refractivity contribution in [3.8, 4) is 11.5 Å². The summed E-state index contributed by atoms with van der Waals surface area (Å²) in [5, 5.41) is 4.52. The van der Waals surface area contributed by atoms with Gasteiger partial charge in [0.05, 0.1) is 26.3 Å². The van der Waals surface area contributed by atoms with Crippen molar-refractivity contribution < 1.29 is 14.3 Å². The molecule has 1 aliphatic heterocycles. The van der Waals surface area contributed by atoms with Crippen LogP contribution in [0.3, 0.4) is 0 Å². The smallest absolute Gasteiger partial charge is 0.261 e. The van der Waals surface area contributed by atoms with Crippen molar-refractivity contribution in [2.24, 2.45) is 0 Å². The zero-order valence-electron chi connectivity index (χ0n) is 19.4. The summed E-state index contributed by atoms with van der Waals surface area (Å²) in [6.45, 7) is 2.05. The molecule has 7 nitrogen and oxygen atoms in total. The number of para-hydroxylation sites is 1. The Labute approximate surface area is 198 Å². The van der Waals surface area contributed by atoms with Gasteiger partial charge in [-0.05, 0) is 43.2 Å². The van der Waals surface area contributed by atoms with Crippen LogP contribution >= 0.6 is 0 Å². The monoisotopic (exact) mass is 454 g/mol. The number of aromatic nitrogens is 3. The average molecular weight is 455 g/mol. The molecule has 7 heteroatoms. The van der Waals surface area contributed by atoms with Crippen molar-refractivity contribution in [2.45, 2.75) is 25.4 Å². The van der Waals surface area contributed by atoms with Crippen LogP contribution in [0, 0.1) is 6.92 Å². The normalized spacial score (nSPS) is 17.2. The van der Waals surface area contributed by atoms with Gasteiger partial charge in [-0.15, -0.1) is 0 Å². The van der Waals surface area contributed by atoms with E-state index in [1.54, 1.807) is 31.3 Å². The highest BCUT2D eigenvalue weighted by Gasteiger charge is 2.40. The van der Waals surface area contributed by atoms with Crippen molar-refractivity contribution in [3.63, 3.8) is 0 Å². The third kappa shape index (κ3) is 3.79. The molecule has 0 bridgehead atoms. The molecule has 0 N–H and O–H groups in total. The van der Waals surface area contributed by atoms with Crippen LogP contribution in [-0.2, 0) is 0 Å². The topological polar surface area (TPSA) is 69.5 Å². The summed E-state index contributed by atoms with van der Waals surface area (Å²) >= 11 is 0. The SMILES string of the molecule is COc1cccc(C(=O)N2c3ncnn3C(c3ccccc3OC)CC2c2ccc(C)cc2)c1. The first-order chi connectivity index (χ1) is 16.6. The van der Waals surface area contributed by atoms with Crippen LogP contribution in [0.15, 0.2) is 79.1 Å². The molecule has 3 aromatic carbocycles. The molecule has 2 unspecified atom stereocenters. The van der Waals surface area contributed by atoms with E-state index in [2.05, 4.69) is 41.3 Å². The van der Waals surface area contributed by atoms with Crippen molar-refractivity contribution in [1.29, 1.82) is 0 Å². The zero-order chi connectivity index (χ0) is 23.7. The van der Waals surface area contributed by atoms with E-state index in [1.165, 1.54) is 6.33 Å². The molecule has 5 rings (SSSR count). The molecule has 172 valence electrons. The summed E-state index contributed by atoms with van der Waals surface area (Å²) < 4.78 is 12.8. The van der Waals surface area contributed by atoms with E-state index in [4.69, 9.17) is 9.47 Å². The standard InChI is InChI=1S/C27H26N4O3/c1-18-11-13-19(14-12-18)23-16-24(22-9-4-5-10-25(22)34-3)31-27(28-17-29-31)30(23)26(32)20-7-6-8-21(15-20)33-2/h4-15,17,23-24H,16H2,1-3H3. The highest BCUT2D eigenvalue weighted by Crippen LogP contribution is 2.44. The molecule has 0 spiro atoms. The minimum atomic E-state index is -0.245. The van der Waals surface area contributed by atoms with Crippen molar-refractivity contribution >= 4 is 11.9 Å². The molecule has 1 aromatic heterocycles. The van der Waals surface area contributed by atoms with Crippen LogP contribution in [-0.4, -0.2) is 34.9 Å². The largest absolute Gasteiger partial charge is 0.497 e. The van der Waals surface area contributed by atoms with Crippen LogP contribution in [0.2, 0.25) is 0 Å². The van der Waals surface area contributed by atoms with Crippen LogP contribution in [0.1, 0.15) is 45.6 Å². The summed E-state index contributed by atoms with van der Waals surface area (Å²) in [6.07, 6.45) is 2.12. The molecule has 1 aliphatic rings. The van der Waals surface area contributed by atoms with Gasteiger partial charge < -0.3 is 9.47 Å². The molecule has 2 atom stereocenters. The van der Waals surface area contributed by atoms with Gasteiger partial charge in [-0.3, -0.25) is 9.69 Å². The maximum atomic E-state index is 13.9. The molecule has 0 fully saturated rings. The first-order valence-corrected chi connectivity index (χ1v) is 11.2. The van der Waals surface area contributed by atoms with Crippen molar-refractivity contribution in [3.05, 3.63) is 101 Å². The van der Waals surface area contributed by atoms with Crippen LogP contribution in [0.4, 0.5) is 5.95 Å². The summed E-state index contributed by atoms with van der Waals surface area (Å²) in [4.78, 5) is 20.2. The molecule has 0 saturated heterocycles. The van der Waals surface area contributed by atoms with Gasteiger partial charge in [0.25, 0.3) is 5.91 Å². The number of hydrogen-bond donors (Lipinski definition) is 0. The summed E-state index contributed by atoms with van der Waals surface area (Å²) in [6, 6.07) is 23.0. The van der Waals surface area contributed by atoms with Gasteiger partial charge in [-0.1, -0.05) is 54.1 Å². The molecule has 4 aromatic rings. The van der Waals surface area contributed by atoms with Crippen LogP contribution in [0.25, 0.3) is 0 Å². The van der Waals surface area contributed by atoms with Gasteiger partial charge in [0.15, 0.2) is 0 Å².